The molecule has 0 amide bonds. The summed E-state index contributed by atoms with van der Waals surface area (Å²) in [5.41, 5.74) is 2.84. The van der Waals surface area contributed by atoms with E-state index in [9.17, 15) is 0 Å². The molecular weight excluding hydrogens is 467 g/mol. The smallest absolute Gasteiger partial charge is 0.127 e. The maximum atomic E-state index is 6.44. The van der Waals surface area contributed by atoms with Crippen LogP contribution >= 0.6 is 34.8 Å². The molecule has 1 aromatic heterocycles. The molecule has 1 atom stereocenters. The molecular formula is C25H21Cl3N2O2. The third kappa shape index (κ3) is 5.84. The van der Waals surface area contributed by atoms with E-state index in [4.69, 9.17) is 44.3 Å². The number of hydrogen-bond acceptors (Lipinski definition) is 3. The van der Waals surface area contributed by atoms with Crippen LogP contribution in [0.5, 0.6) is 5.75 Å². The minimum Gasteiger partial charge on any atom is -0.491 e. The van der Waals surface area contributed by atoms with E-state index < -0.39 is 0 Å². The predicted octanol–water partition coefficient (Wildman–Crippen LogP) is 7.35. The summed E-state index contributed by atoms with van der Waals surface area (Å²) in [6, 6.07) is 21.0. The fourth-order valence-corrected chi connectivity index (χ4v) is 4.11. The van der Waals surface area contributed by atoms with Crippen LogP contribution in [0, 0.1) is 0 Å². The van der Waals surface area contributed by atoms with Gasteiger partial charge in [0, 0.05) is 38.6 Å². The number of nitrogens with zero attached hydrogens (tertiary/aromatic N) is 2. The van der Waals surface area contributed by atoms with Gasteiger partial charge in [-0.25, -0.2) is 4.98 Å². The highest BCUT2D eigenvalue weighted by Gasteiger charge is 2.17. The van der Waals surface area contributed by atoms with Gasteiger partial charge in [0.1, 0.15) is 18.5 Å². The van der Waals surface area contributed by atoms with Crippen molar-refractivity contribution in [3.05, 3.63) is 106 Å². The maximum absolute atomic E-state index is 6.44. The van der Waals surface area contributed by atoms with Crippen molar-refractivity contribution in [1.82, 2.24) is 9.55 Å². The van der Waals surface area contributed by atoms with Crippen LogP contribution in [0.2, 0.25) is 15.1 Å². The van der Waals surface area contributed by atoms with Crippen molar-refractivity contribution in [3.8, 4) is 16.9 Å². The van der Waals surface area contributed by atoms with E-state index in [-0.39, 0.29) is 6.10 Å². The number of aromatic nitrogens is 2. The lowest BCUT2D eigenvalue weighted by Crippen LogP contribution is -2.16. The lowest BCUT2D eigenvalue weighted by Gasteiger charge is -2.21. The second kappa shape index (κ2) is 10.9. The average molecular weight is 488 g/mol. The van der Waals surface area contributed by atoms with Gasteiger partial charge in [-0.3, -0.25) is 0 Å². The molecule has 164 valence electrons. The average Bonchev–Trinajstić information content (AvgIpc) is 3.30. The molecule has 4 aromatic rings. The number of benzene rings is 3. The lowest BCUT2D eigenvalue weighted by molar-refractivity contribution is 0.0228. The van der Waals surface area contributed by atoms with E-state index >= 15 is 0 Å². The van der Waals surface area contributed by atoms with Gasteiger partial charge in [0.05, 0.1) is 19.5 Å². The fraction of sp³-hybridized carbons (Fsp3) is 0.160. The largest absolute Gasteiger partial charge is 0.491 e. The zero-order chi connectivity index (χ0) is 22.3. The van der Waals surface area contributed by atoms with E-state index in [0.717, 1.165) is 22.4 Å². The van der Waals surface area contributed by atoms with Crippen LogP contribution in [-0.4, -0.2) is 22.8 Å². The summed E-state index contributed by atoms with van der Waals surface area (Å²) in [5.74, 6) is 0.750. The van der Waals surface area contributed by atoms with E-state index in [1.807, 2.05) is 71.4 Å². The van der Waals surface area contributed by atoms with Crippen molar-refractivity contribution in [2.45, 2.75) is 12.6 Å². The Balaban J connectivity index is 1.45. The topological polar surface area (TPSA) is 36.3 Å². The Hall–Kier alpha value is -2.50. The van der Waals surface area contributed by atoms with E-state index in [1.165, 1.54) is 0 Å². The zero-order valence-corrected chi connectivity index (χ0v) is 19.4. The summed E-state index contributed by atoms with van der Waals surface area (Å²) in [7, 11) is 0. The SMILES string of the molecule is Clc1ccc(C(Cn2ccnc2)OCCOc2ccc(Cl)cc2-c2ccccc2)c(Cl)c1. The Morgan fingerprint density at radius 3 is 2.41 bits per heavy atom. The van der Waals surface area contributed by atoms with Crippen LogP contribution in [0.15, 0.2) is 85.5 Å². The molecule has 4 nitrogen and oxygen atoms in total. The molecule has 0 fully saturated rings. The molecule has 0 aliphatic rings. The number of rotatable bonds is 9. The van der Waals surface area contributed by atoms with Crippen LogP contribution < -0.4 is 4.74 Å². The van der Waals surface area contributed by atoms with E-state index in [0.29, 0.717) is 34.8 Å². The zero-order valence-electron chi connectivity index (χ0n) is 17.1. The second-order valence-electron chi connectivity index (χ2n) is 7.14. The highest BCUT2D eigenvalue weighted by molar-refractivity contribution is 6.35. The molecule has 0 radical (unpaired) electrons. The minimum absolute atomic E-state index is 0.281. The van der Waals surface area contributed by atoms with Crippen molar-refractivity contribution in [1.29, 1.82) is 0 Å². The Labute approximate surface area is 202 Å². The molecule has 0 aliphatic heterocycles. The summed E-state index contributed by atoms with van der Waals surface area (Å²) < 4.78 is 14.2. The molecule has 1 unspecified atom stereocenters. The molecule has 32 heavy (non-hydrogen) atoms. The first-order chi connectivity index (χ1) is 15.6. The van der Waals surface area contributed by atoms with Gasteiger partial charge in [-0.15, -0.1) is 0 Å². The Kier molecular flexibility index (Phi) is 7.72. The van der Waals surface area contributed by atoms with Crippen molar-refractivity contribution < 1.29 is 9.47 Å². The van der Waals surface area contributed by atoms with Gasteiger partial charge in [-0.1, -0.05) is 71.2 Å². The molecule has 0 aliphatic carbocycles. The van der Waals surface area contributed by atoms with E-state index in [1.54, 1.807) is 18.6 Å². The quantitative estimate of drug-likeness (QED) is 0.232. The summed E-state index contributed by atoms with van der Waals surface area (Å²) >= 11 is 18.7. The predicted molar refractivity (Wildman–Crippen MR) is 130 cm³/mol. The summed E-state index contributed by atoms with van der Waals surface area (Å²) in [6.45, 7) is 1.31. The molecule has 0 bridgehead atoms. The van der Waals surface area contributed by atoms with Crippen LogP contribution in [0.3, 0.4) is 0 Å². The van der Waals surface area contributed by atoms with Gasteiger partial charge in [0.25, 0.3) is 0 Å². The van der Waals surface area contributed by atoms with Crippen LogP contribution in [0.4, 0.5) is 0 Å². The Bertz CT molecular complexity index is 1150. The third-order valence-electron chi connectivity index (χ3n) is 4.93. The summed E-state index contributed by atoms with van der Waals surface area (Å²) in [4.78, 5) is 4.10. The molecule has 0 saturated carbocycles. The van der Waals surface area contributed by atoms with Gasteiger partial charge < -0.3 is 14.0 Å². The second-order valence-corrected chi connectivity index (χ2v) is 8.42. The third-order valence-corrected chi connectivity index (χ3v) is 5.73. The molecule has 3 aromatic carbocycles. The molecule has 1 heterocycles. The van der Waals surface area contributed by atoms with Crippen molar-refractivity contribution in [2.24, 2.45) is 0 Å². The standard InChI is InChI=1S/C25H21Cl3N2O2/c26-19-7-9-24(22(14-19)18-4-2-1-3-5-18)31-12-13-32-25(16-30-11-10-29-17-30)21-8-6-20(27)15-23(21)28/h1-11,14-15,17,25H,12-13,16H2. The normalized spacial score (nSPS) is 12.0. The lowest BCUT2D eigenvalue weighted by atomic mass is 10.0. The monoisotopic (exact) mass is 486 g/mol. The van der Waals surface area contributed by atoms with Crippen molar-refractivity contribution in [3.63, 3.8) is 0 Å². The number of imidazole rings is 1. The fourth-order valence-electron chi connectivity index (χ4n) is 3.40. The van der Waals surface area contributed by atoms with Crippen molar-refractivity contribution >= 4 is 34.8 Å². The van der Waals surface area contributed by atoms with Crippen molar-refractivity contribution in [2.75, 3.05) is 13.2 Å². The van der Waals surface area contributed by atoms with Gasteiger partial charge in [0.2, 0.25) is 0 Å². The molecule has 4 rings (SSSR count). The molecule has 0 spiro atoms. The molecule has 0 N–H and O–H groups in total. The minimum atomic E-state index is -0.281. The van der Waals surface area contributed by atoms with Gasteiger partial charge in [-0.05, 0) is 35.9 Å². The highest BCUT2D eigenvalue weighted by Crippen LogP contribution is 2.33. The highest BCUT2D eigenvalue weighted by atomic mass is 35.5. The first-order valence-electron chi connectivity index (χ1n) is 10.1. The summed E-state index contributed by atoms with van der Waals surface area (Å²) in [5, 5.41) is 1.80. The Morgan fingerprint density at radius 1 is 0.875 bits per heavy atom. The van der Waals surface area contributed by atoms with Gasteiger partial charge in [-0.2, -0.15) is 0 Å². The number of ether oxygens (including phenoxy) is 2. The van der Waals surface area contributed by atoms with Gasteiger partial charge in [0.15, 0.2) is 0 Å². The van der Waals surface area contributed by atoms with Gasteiger partial charge >= 0.3 is 0 Å². The molecule has 0 saturated heterocycles. The summed E-state index contributed by atoms with van der Waals surface area (Å²) in [6.07, 6.45) is 5.08. The first kappa shape index (κ1) is 22.7. The maximum Gasteiger partial charge on any atom is 0.127 e. The number of hydrogen-bond donors (Lipinski definition) is 0. The Morgan fingerprint density at radius 2 is 1.66 bits per heavy atom. The molecule has 7 heteroatoms. The van der Waals surface area contributed by atoms with E-state index in [2.05, 4.69) is 4.98 Å². The number of halogens is 3. The van der Waals surface area contributed by atoms with Crippen LogP contribution in [-0.2, 0) is 11.3 Å². The van der Waals surface area contributed by atoms with Crippen LogP contribution in [0.25, 0.3) is 11.1 Å². The van der Waals surface area contributed by atoms with Crippen LogP contribution in [0.1, 0.15) is 11.7 Å². The first-order valence-corrected chi connectivity index (χ1v) is 11.2.